The number of rotatable bonds is 3. The van der Waals surface area contributed by atoms with E-state index in [0.29, 0.717) is 5.56 Å². The number of nitrogens with zero attached hydrogens (tertiary/aromatic N) is 2. The lowest BCUT2D eigenvalue weighted by molar-refractivity contribution is -0.134. The van der Waals surface area contributed by atoms with Crippen LogP contribution in [0.5, 0.6) is 0 Å². The van der Waals surface area contributed by atoms with E-state index in [0.717, 1.165) is 5.56 Å². The van der Waals surface area contributed by atoms with E-state index in [2.05, 4.69) is 5.32 Å². The Morgan fingerprint density at radius 3 is 2.37 bits per heavy atom. The van der Waals surface area contributed by atoms with Crippen molar-refractivity contribution >= 4 is 28.3 Å². The van der Waals surface area contributed by atoms with Gasteiger partial charge in [0.1, 0.15) is 0 Å². The number of carbonyl (C=O) groups excluding carboxylic acids is 1. The number of benzene rings is 1. The van der Waals surface area contributed by atoms with Gasteiger partial charge in [0.25, 0.3) is 5.92 Å². The Morgan fingerprint density at radius 1 is 1.19 bits per heavy atom. The number of nitrogens with one attached hydrogen (secondary N) is 1. The summed E-state index contributed by atoms with van der Waals surface area (Å²) in [5.74, 6) is -3.25. The van der Waals surface area contributed by atoms with E-state index in [9.17, 15) is 22.0 Å². The molecule has 2 fully saturated rings. The van der Waals surface area contributed by atoms with Crippen LogP contribution >= 0.6 is 12.4 Å². The molecule has 0 spiro atoms. The Labute approximate surface area is 164 Å². The van der Waals surface area contributed by atoms with Crippen molar-refractivity contribution in [2.45, 2.75) is 37.1 Å². The Kier molecular flexibility index (Phi) is 6.51. The van der Waals surface area contributed by atoms with Gasteiger partial charge in [-0.2, -0.15) is 4.31 Å². The van der Waals surface area contributed by atoms with Crippen LogP contribution in [0.15, 0.2) is 23.1 Å². The number of carbonyl (C=O) groups is 1. The SMILES string of the molecule is Cc1ccc(C)c(S(=O)(=O)N2CCN(C(=O)C3CC(F)(F)CN3)CC2)c1.Cl. The first kappa shape index (κ1) is 22.0. The van der Waals surface area contributed by atoms with Gasteiger partial charge in [-0.05, 0) is 31.0 Å². The molecule has 0 aromatic heterocycles. The van der Waals surface area contributed by atoms with Crippen molar-refractivity contribution in [3.05, 3.63) is 29.3 Å². The average Bonchev–Trinajstić information content (AvgIpc) is 2.96. The van der Waals surface area contributed by atoms with Gasteiger partial charge in [0.2, 0.25) is 15.9 Å². The number of halogens is 3. The summed E-state index contributed by atoms with van der Waals surface area (Å²) in [4.78, 5) is 14.1. The van der Waals surface area contributed by atoms with Crippen LogP contribution in [0.4, 0.5) is 8.78 Å². The lowest BCUT2D eigenvalue weighted by atomic mass is 10.1. The van der Waals surface area contributed by atoms with Gasteiger partial charge in [-0.1, -0.05) is 12.1 Å². The quantitative estimate of drug-likeness (QED) is 0.801. The van der Waals surface area contributed by atoms with E-state index in [1.54, 1.807) is 19.1 Å². The fourth-order valence-electron chi connectivity index (χ4n) is 3.38. The molecule has 152 valence electrons. The fraction of sp³-hybridized carbons (Fsp3) is 0.588. The molecule has 0 bridgehead atoms. The molecule has 1 aromatic carbocycles. The third kappa shape index (κ3) is 4.59. The number of hydrogen-bond donors (Lipinski definition) is 1. The molecule has 2 aliphatic heterocycles. The minimum absolute atomic E-state index is 0. The Bertz CT molecular complexity index is 812. The maximum Gasteiger partial charge on any atom is 0.262 e. The average molecular weight is 424 g/mol. The molecule has 10 heteroatoms. The lowest BCUT2D eigenvalue weighted by Crippen LogP contribution is -2.54. The summed E-state index contributed by atoms with van der Waals surface area (Å²) in [6, 6.07) is 4.38. The highest BCUT2D eigenvalue weighted by molar-refractivity contribution is 7.89. The second kappa shape index (κ2) is 7.98. The highest BCUT2D eigenvalue weighted by Gasteiger charge is 2.44. The zero-order valence-corrected chi connectivity index (χ0v) is 16.9. The van der Waals surface area contributed by atoms with Crippen LogP contribution in [0.2, 0.25) is 0 Å². The first-order chi connectivity index (χ1) is 12.1. The first-order valence-corrected chi connectivity index (χ1v) is 10.0. The highest BCUT2D eigenvalue weighted by Crippen LogP contribution is 2.27. The highest BCUT2D eigenvalue weighted by atomic mass is 35.5. The number of hydrogen-bond acceptors (Lipinski definition) is 4. The van der Waals surface area contributed by atoms with Crippen LogP contribution in [0.3, 0.4) is 0 Å². The monoisotopic (exact) mass is 423 g/mol. The third-order valence-electron chi connectivity index (χ3n) is 4.92. The maximum atomic E-state index is 13.3. The van der Waals surface area contributed by atoms with Crippen LogP contribution in [-0.4, -0.2) is 68.2 Å². The molecule has 0 radical (unpaired) electrons. The van der Waals surface area contributed by atoms with Crippen molar-refractivity contribution in [2.75, 3.05) is 32.7 Å². The third-order valence-corrected chi connectivity index (χ3v) is 6.96. The van der Waals surface area contributed by atoms with Gasteiger partial charge in [0.05, 0.1) is 17.5 Å². The zero-order valence-electron chi connectivity index (χ0n) is 15.2. The zero-order chi connectivity index (χ0) is 19.1. The molecule has 0 aliphatic carbocycles. The summed E-state index contributed by atoms with van der Waals surface area (Å²) in [5, 5.41) is 2.55. The van der Waals surface area contributed by atoms with Crippen LogP contribution in [0.25, 0.3) is 0 Å². The Morgan fingerprint density at radius 2 is 1.81 bits per heavy atom. The number of sulfonamides is 1. The summed E-state index contributed by atoms with van der Waals surface area (Å²) in [7, 11) is -3.64. The van der Waals surface area contributed by atoms with Gasteiger partial charge in [-0.3, -0.25) is 10.1 Å². The van der Waals surface area contributed by atoms with E-state index >= 15 is 0 Å². The molecule has 2 heterocycles. The topological polar surface area (TPSA) is 69.7 Å². The molecule has 1 amide bonds. The van der Waals surface area contributed by atoms with Gasteiger partial charge in [0, 0.05) is 32.6 Å². The van der Waals surface area contributed by atoms with Crippen molar-refractivity contribution in [1.29, 1.82) is 0 Å². The molecule has 1 unspecified atom stereocenters. The predicted molar refractivity (Wildman–Crippen MR) is 99.9 cm³/mol. The molecule has 2 aliphatic rings. The molecular formula is C17H24ClF2N3O3S. The number of alkyl halides is 2. The lowest BCUT2D eigenvalue weighted by Gasteiger charge is -2.35. The molecule has 27 heavy (non-hydrogen) atoms. The van der Waals surface area contributed by atoms with Crippen LogP contribution < -0.4 is 5.32 Å². The van der Waals surface area contributed by atoms with Crippen LogP contribution in [0.1, 0.15) is 17.5 Å². The van der Waals surface area contributed by atoms with E-state index in [1.807, 2.05) is 13.0 Å². The smallest absolute Gasteiger partial charge is 0.262 e. The standard InChI is InChI=1S/C17H23F2N3O3S.ClH/c1-12-3-4-13(2)15(9-12)26(24,25)22-7-5-21(6-8-22)16(23)14-10-17(18,19)11-20-14;/h3-4,9,14,20H,5-8,10-11H2,1-2H3;1H. The number of piperazine rings is 1. The van der Waals surface area contributed by atoms with Crippen LogP contribution in [0, 0.1) is 13.8 Å². The minimum Gasteiger partial charge on any atom is -0.339 e. The molecule has 1 aromatic rings. The summed E-state index contributed by atoms with van der Waals surface area (Å²) < 4.78 is 53.7. The van der Waals surface area contributed by atoms with Crippen molar-refractivity contribution < 1.29 is 22.0 Å². The molecule has 6 nitrogen and oxygen atoms in total. The van der Waals surface area contributed by atoms with Crippen molar-refractivity contribution in [2.24, 2.45) is 0 Å². The summed E-state index contributed by atoms with van der Waals surface area (Å²) in [6.07, 6.45) is -0.507. The summed E-state index contributed by atoms with van der Waals surface area (Å²) in [5.41, 5.74) is 1.53. The molecule has 3 rings (SSSR count). The van der Waals surface area contributed by atoms with E-state index in [1.165, 1.54) is 9.21 Å². The van der Waals surface area contributed by atoms with E-state index < -0.39 is 35.0 Å². The summed E-state index contributed by atoms with van der Waals surface area (Å²) >= 11 is 0. The molecule has 2 saturated heterocycles. The normalized spacial score (nSPS) is 23.1. The van der Waals surface area contributed by atoms with Crippen molar-refractivity contribution in [1.82, 2.24) is 14.5 Å². The molecular weight excluding hydrogens is 400 g/mol. The minimum atomic E-state index is -3.64. The van der Waals surface area contributed by atoms with E-state index in [-0.39, 0.29) is 49.4 Å². The molecule has 0 saturated carbocycles. The van der Waals surface area contributed by atoms with Gasteiger partial charge in [-0.25, -0.2) is 17.2 Å². The predicted octanol–water partition coefficient (Wildman–Crippen LogP) is 1.56. The van der Waals surface area contributed by atoms with Crippen molar-refractivity contribution in [3.63, 3.8) is 0 Å². The molecule has 1 atom stereocenters. The molecule has 1 N–H and O–H groups in total. The van der Waals surface area contributed by atoms with Gasteiger partial charge in [0.15, 0.2) is 0 Å². The Hall–Kier alpha value is -1.29. The van der Waals surface area contributed by atoms with E-state index in [4.69, 9.17) is 0 Å². The number of amides is 1. The van der Waals surface area contributed by atoms with Gasteiger partial charge >= 0.3 is 0 Å². The first-order valence-electron chi connectivity index (χ1n) is 8.57. The second-order valence-electron chi connectivity index (χ2n) is 6.99. The Balaban J connectivity index is 0.00000261. The number of aryl methyl sites for hydroxylation is 2. The second-order valence-corrected chi connectivity index (χ2v) is 8.90. The maximum absolute atomic E-state index is 13.3. The largest absolute Gasteiger partial charge is 0.339 e. The van der Waals surface area contributed by atoms with Gasteiger partial charge < -0.3 is 4.90 Å². The van der Waals surface area contributed by atoms with Crippen molar-refractivity contribution in [3.8, 4) is 0 Å². The van der Waals surface area contributed by atoms with Crippen LogP contribution in [-0.2, 0) is 14.8 Å². The summed E-state index contributed by atoms with van der Waals surface area (Å²) in [6.45, 7) is 3.80. The van der Waals surface area contributed by atoms with Gasteiger partial charge in [-0.15, -0.1) is 12.4 Å². The fourth-order valence-corrected chi connectivity index (χ4v) is 5.12.